The third-order valence-electron chi connectivity index (χ3n) is 1.61. The fourth-order valence-corrected chi connectivity index (χ4v) is 1.24. The van der Waals surface area contributed by atoms with E-state index in [0.29, 0.717) is 5.41 Å². The molecule has 1 heterocycles. The highest BCUT2D eigenvalue weighted by molar-refractivity contribution is 5.12. The van der Waals surface area contributed by atoms with Gasteiger partial charge in [0.2, 0.25) is 0 Å². The summed E-state index contributed by atoms with van der Waals surface area (Å²) in [6.45, 7) is 8.85. The Kier molecular flexibility index (Phi) is 2.08. The Labute approximate surface area is 68.8 Å². The summed E-state index contributed by atoms with van der Waals surface area (Å²) in [6.07, 6.45) is 1.13. The molecule has 1 aromatic rings. The number of H-pyrrole nitrogens is 1. The first-order valence-corrected chi connectivity index (χ1v) is 4.12. The highest BCUT2D eigenvalue weighted by Gasteiger charge is 2.11. The zero-order valence-corrected chi connectivity index (χ0v) is 7.86. The summed E-state index contributed by atoms with van der Waals surface area (Å²) in [7, 11) is 0. The fourth-order valence-electron chi connectivity index (χ4n) is 1.24. The molecule has 62 valence electrons. The van der Waals surface area contributed by atoms with E-state index in [2.05, 4.69) is 44.8 Å². The minimum atomic E-state index is 0.386. The van der Waals surface area contributed by atoms with E-state index in [0.717, 1.165) is 6.42 Å². The molecule has 0 bridgehead atoms. The van der Waals surface area contributed by atoms with Gasteiger partial charge in [0.05, 0.1) is 0 Å². The highest BCUT2D eigenvalue weighted by Crippen LogP contribution is 2.19. The van der Waals surface area contributed by atoms with Crippen molar-refractivity contribution in [1.29, 1.82) is 0 Å². The normalized spacial score (nSPS) is 12.0. The minimum absolute atomic E-state index is 0.386. The van der Waals surface area contributed by atoms with Crippen molar-refractivity contribution in [2.45, 2.75) is 34.1 Å². The monoisotopic (exact) mass is 151 g/mol. The predicted molar refractivity (Wildman–Crippen MR) is 48.7 cm³/mol. The number of nitrogens with one attached hydrogen (secondary N) is 1. The molecule has 0 radical (unpaired) electrons. The van der Waals surface area contributed by atoms with E-state index in [1.54, 1.807) is 0 Å². The van der Waals surface area contributed by atoms with Crippen LogP contribution in [0.2, 0.25) is 0 Å². The Balaban J connectivity index is 2.65. The van der Waals surface area contributed by atoms with Gasteiger partial charge in [0.25, 0.3) is 0 Å². The van der Waals surface area contributed by atoms with Gasteiger partial charge in [-0.15, -0.1) is 0 Å². The maximum atomic E-state index is 3.33. The maximum Gasteiger partial charge on any atom is 0.0154 e. The molecule has 0 unspecified atom stereocenters. The molecule has 1 aromatic heterocycles. The molecule has 11 heavy (non-hydrogen) atoms. The van der Waals surface area contributed by atoms with Crippen LogP contribution in [0, 0.1) is 12.3 Å². The number of aromatic amines is 1. The third kappa shape index (κ3) is 2.79. The Morgan fingerprint density at radius 1 is 1.27 bits per heavy atom. The van der Waals surface area contributed by atoms with Crippen molar-refractivity contribution >= 4 is 0 Å². The number of aryl methyl sites for hydroxylation is 1. The topological polar surface area (TPSA) is 15.8 Å². The molecule has 0 aromatic carbocycles. The minimum Gasteiger partial charge on any atom is -0.362 e. The van der Waals surface area contributed by atoms with E-state index in [1.807, 2.05) is 0 Å². The molecule has 0 aliphatic heterocycles. The molecule has 1 nitrogen and oxygen atoms in total. The Hall–Kier alpha value is -0.720. The number of aromatic nitrogens is 1. The van der Waals surface area contributed by atoms with Crippen LogP contribution in [0.3, 0.4) is 0 Å². The number of hydrogen-bond donors (Lipinski definition) is 1. The van der Waals surface area contributed by atoms with Crippen LogP contribution in [0.4, 0.5) is 0 Å². The lowest BCUT2D eigenvalue weighted by Gasteiger charge is -2.16. The van der Waals surface area contributed by atoms with Crippen LogP contribution in [0.15, 0.2) is 12.1 Å². The molecule has 0 aliphatic carbocycles. The second kappa shape index (κ2) is 2.72. The molecule has 0 saturated carbocycles. The summed E-state index contributed by atoms with van der Waals surface area (Å²) in [5.74, 6) is 0. The standard InChI is InChI=1S/C10H17N/c1-8-5-6-9(11-8)7-10(2,3)4/h5-6,11H,7H2,1-4H3. The zero-order valence-electron chi connectivity index (χ0n) is 7.86. The van der Waals surface area contributed by atoms with Gasteiger partial charge in [-0.2, -0.15) is 0 Å². The number of hydrogen-bond acceptors (Lipinski definition) is 0. The van der Waals surface area contributed by atoms with Gasteiger partial charge in [-0.1, -0.05) is 20.8 Å². The first kappa shape index (κ1) is 8.38. The summed E-state index contributed by atoms with van der Waals surface area (Å²) in [4.78, 5) is 3.33. The smallest absolute Gasteiger partial charge is 0.0154 e. The van der Waals surface area contributed by atoms with Crippen LogP contribution in [0.5, 0.6) is 0 Å². The molecule has 0 saturated heterocycles. The first-order chi connectivity index (χ1) is 4.97. The van der Waals surface area contributed by atoms with E-state index < -0.39 is 0 Å². The maximum absolute atomic E-state index is 3.33. The van der Waals surface area contributed by atoms with Gasteiger partial charge in [0.1, 0.15) is 0 Å². The number of rotatable bonds is 1. The summed E-state index contributed by atoms with van der Waals surface area (Å²) in [5.41, 5.74) is 2.98. The van der Waals surface area contributed by atoms with Crippen molar-refractivity contribution in [3.05, 3.63) is 23.5 Å². The third-order valence-corrected chi connectivity index (χ3v) is 1.61. The van der Waals surface area contributed by atoms with Crippen LogP contribution < -0.4 is 0 Å². The van der Waals surface area contributed by atoms with Gasteiger partial charge < -0.3 is 4.98 Å². The molecule has 1 heteroatoms. The average Bonchev–Trinajstić information content (AvgIpc) is 2.10. The van der Waals surface area contributed by atoms with Crippen LogP contribution in [0.25, 0.3) is 0 Å². The van der Waals surface area contributed by atoms with E-state index in [1.165, 1.54) is 11.4 Å². The van der Waals surface area contributed by atoms with Crippen molar-refractivity contribution in [3.8, 4) is 0 Å². The summed E-state index contributed by atoms with van der Waals surface area (Å²) in [5, 5.41) is 0. The first-order valence-electron chi connectivity index (χ1n) is 4.12. The van der Waals surface area contributed by atoms with Crippen molar-refractivity contribution in [1.82, 2.24) is 4.98 Å². The van der Waals surface area contributed by atoms with Crippen LogP contribution in [-0.2, 0) is 6.42 Å². The van der Waals surface area contributed by atoms with Gasteiger partial charge in [-0.3, -0.25) is 0 Å². The lowest BCUT2D eigenvalue weighted by Crippen LogP contribution is -2.09. The highest BCUT2D eigenvalue weighted by atomic mass is 14.7. The van der Waals surface area contributed by atoms with Gasteiger partial charge in [0, 0.05) is 11.4 Å². The molecular formula is C10H17N. The quantitative estimate of drug-likeness (QED) is 0.635. The lowest BCUT2D eigenvalue weighted by atomic mass is 9.91. The van der Waals surface area contributed by atoms with Gasteiger partial charge >= 0.3 is 0 Å². The van der Waals surface area contributed by atoms with Crippen LogP contribution in [-0.4, -0.2) is 4.98 Å². The molecule has 1 N–H and O–H groups in total. The second-order valence-electron chi connectivity index (χ2n) is 4.40. The van der Waals surface area contributed by atoms with Gasteiger partial charge in [0.15, 0.2) is 0 Å². The Bertz CT molecular complexity index is 227. The van der Waals surface area contributed by atoms with Crippen molar-refractivity contribution in [3.63, 3.8) is 0 Å². The zero-order chi connectivity index (χ0) is 8.48. The van der Waals surface area contributed by atoms with Crippen molar-refractivity contribution in [2.75, 3.05) is 0 Å². The summed E-state index contributed by atoms with van der Waals surface area (Å²) >= 11 is 0. The summed E-state index contributed by atoms with van der Waals surface area (Å²) < 4.78 is 0. The van der Waals surface area contributed by atoms with Crippen LogP contribution in [0.1, 0.15) is 32.2 Å². The van der Waals surface area contributed by atoms with E-state index >= 15 is 0 Å². The van der Waals surface area contributed by atoms with E-state index in [-0.39, 0.29) is 0 Å². The lowest BCUT2D eigenvalue weighted by molar-refractivity contribution is 0.407. The van der Waals surface area contributed by atoms with E-state index in [9.17, 15) is 0 Å². The molecule has 0 atom stereocenters. The largest absolute Gasteiger partial charge is 0.362 e. The molecule has 1 rings (SSSR count). The molecule has 0 spiro atoms. The average molecular weight is 151 g/mol. The molecule has 0 aliphatic rings. The fraction of sp³-hybridized carbons (Fsp3) is 0.600. The molecular weight excluding hydrogens is 134 g/mol. The van der Waals surface area contributed by atoms with Gasteiger partial charge in [-0.05, 0) is 30.9 Å². The van der Waals surface area contributed by atoms with Crippen molar-refractivity contribution in [2.24, 2.45) is 5.41 Å². The van der Waals surface area contributed by atoms with Crippen molar-refractivity contribution < 1.29 is 0 Å². The van der Waals surface area contributed by atoms with E-state index in [4.69, 9.17) is 0 Å². The Morgan fingerprint density at radius 3 is 2.27 bits per heavy atom. The van der Waals surface area contributed by atoms with Gasteiger partial charge in [-0.25, -0.2) is 0 Å². The SMILES string of the molecule is Cc1ccc(CC(C)(C)C)[nH]1. The predicted octanol–water partition coefficient (Wildman–Crippen LogP) is 2.91. The molecule has 0 amide bonds. The second-order valence-corrected chi connectivity index (χ2v) is 4.40. The molecule has 0 fully saturated rings. The Morgan fingerprint density at radius 2 is 1.91 bits per heavy atom. The van der Waals surface area contributed by atoms with Crippen LogP contribution >= 0.6 is 0 Å². The summed E-state index contributed by atoms with van der Waals surface area (Å²) in [6, 6.07) is 4.29.